The van der Waals surface area contributed by atoms with E-state index >= 15 is 0 Å². The lowest BCUT2D eigenvalue weighted by atomic mass is 10.1. The third-order valence-electron chi connectivity index (χ3n) is 3.04. The van der Waals surface area contributed by atoms with Crippen molar-refractivity contribution < 1.29 is 4.74 Å². The van der Waals surface area contributed by atoms with E-state index in [1.54, 1.807) is 6.08 Å². The van der Waals surface area contributed by atoms with Crippen molar-refractivity contribution in [3.05, 3.63) is 41.5 Å². The Balaban J connectivity index is 2.06. The van der Waals surface area contributed by atoms with Crippen LogP contribution in [-0.2, 0) is 6.54 Å². The molecule has 0 saturated heterocycles. The van der Waals surface area contributed by atoms with E-state index in [2.05, 4.69) is 37.9 Å². The Bertz CT molecular complexity index is 384. The fourth-order valence-electron chi connectivity index (χ4n) is 2.06. The molecule has 2 rings (SSSR count). The predicted octanol–water partition coefficient (Wildman–Crippen LogP) is 3.12. The molecule has 0 bridgehead atoms. The first kappa shape index (κ1) is 12.2. The molecule has 1 saturated carbocycles. The van der Waals surface area contributed by atoms with Gasteiger partial charge in [0.1, 0.15) is 12.4 Å². The Morgan fingerprint density at radius 1 is 1.35 bits per heavy atom. The minimum Gasteiger partial charge on any atom is -0.489 e. The van der Waals surface area contributed by atoms with Gasteiger partial charge in [-0.2, -0.15) is 0 Å². The van der Waals surface area contributed by atoms with Crippen molar-refractivity contribution in [2.75, 3.05) is 6.61 Å². The molecule has 1 aliphatic rings. The first-order valence-electron chi connectivity index (χ1n) is 6.28. The molecular formula is C15H21NO. The van der Waals surface area contributed by atoms with Crippen molar-refractivity contribution in [2.24, 2.45) is 0 Å². The largest absolute Gasteiger partial charge is 0.489 e. The summed E-state index contributed by atoms with van der Waals surface area (Å²) >= 11 is 0. The van der Waals surface area contributed by atoms with Crippen LogP contribution in [0.25, 0.3) is 0 Å². The number of hydrogen-bond donors (Lipinski definition) is 1. The molecule has 17 heavy (non-hydrogen) atoms. The van der Waals surface area contributed by atoms with E-state index in [-0.39, 0.29) is 0 Å². The summed E-state index contributed by atoms with van der Waals surface area (Å²) in [5.74, 6) is 1.00. The SMILES string of the molecule is C=CCOc1c(C)cc(CNC2CC2)cc1C. The molecule has 0 unspecified atom stereocenters. The standard InChI is InChI=1S/C15H21NO/c1-4-7-17-15-11(2)8-13(9-12(15)3)10-16-14-5-6-14/h4,8-9,14,16H,1,5-7,10H2,2-3H3. The van der Waals surface area contributed by atoms with Crippen molar-refractivity contribution in [1.82, 2.24) is 5.32 Å². The third kappa shape index (κ3) is 3.34. The first-order chi connectivity index (χ1) is 8.20. The molecule has 1 N–H and O–H groups in total. The van der Waals surface area contributed by atoms with Crippen molar-refractivity contribution in [1.29, 1.82) is 0 Å². The minimum absolute atomic E-state index is 0.571. The van der Waals surface area contributed by atoms with E-state index in [0.29, 0.717) is 6.61 Å². The zero-order valence-electron chi connectivity index (χ0n) is 10.8. The van der Waals surface area contributed by atoms with Crippen LogP contribution >= 0.6 is 0 Å². The predicted molar refractivity (Wildman–Crippen MR) is 71.5 cm³/mol. The van der Waals surface area contributed by atoms with Crippen molar-refractivity contribution in [3.63, 3.8) is 0 Å². The quantitative estimate of drug-likeness (QED) is 0.759. The van der Waals surface area contributed by atoms with Crippen LogP contribution in [0.15, 0.2) is 24.8 Å². The molecule has 2 heteroatoms. The highest BCUT2D eigenvalue weighted by Gasteiger charge is 2.20. The van der Waals surface area contributed by atoms with E-state index in [0.717, 1.165) is 18.3 Å². The van der Waals surface area contributed by atoms with Gasteiger partial charge in [-0.25, -0.2) is 0 Å². The van der Waals surface area contributed by atoms with Crippen LogP contribution in [0, 0.1) is 13.8 Å². The molecule has 0 spiro atoms. The highest BCUT2D eigenvalue weighted by Crippen LogP contribution is 2.25. The molecule has 0 radical (unpaired) electrons. The lowest BCUT2D eigenvalue weighted by molar-refractivity contribution is 0.358. The van der Waals surface area contributed by atoms with Crippen LogP contribution in [0.1, 0.15) is 29.5 Å². The number of aryl methyl sites for hydroxylation is 2. The molecule has 1 fully saturated rings. The highest BCUT2D eigenvalue weighted by atomic mass is 16.5. The van der Waals surface area contributed by atoms with Gasteiger partial charge in [0.15, 0.2) is 0 Å². The van der Waals surface area contributed by atoms with Gasteiger partial charge in [-0.15, -0.1) is 0 Å². The lowest BCUT2D eigenvalue weighted by Gasteiger charge is -2.13. The molecule has 1 aromatic carbocycles. The number of benzene rings is 1. The maximum atomic E-state index is 5.67. The molecule has 2 nitrogen and oxygen atoms in total. The second-order valence-corrected chi connectivity index (χ2v) is 4.81. The van der Waals surface area contributed by atoms with Gasteiger partial charge in [0.25, 0.3) is 0 Å². The van der Waals surface area contributed by atoms with Gasteiger partial charge in [0, 0.05) is 12.6 Å². The Morgan fingerprint density at radius 2 is 2.00 bits per heavy atom. The van der Waals surface area contributed by atoms with Crippen LogP contribution in [-0.4, -0.2) is 12.6 Å². The number of nitrogens with one attached hydrogen (secondary N) is 1. The summed E-state index contributed by atoms with van der Waals surface area (Å²) < 4.78 is 5.67. The molecule has 0 aliphatic heterocycles. The number of ether oxygens (including phenoxy) is 1. The van der Waals surface area contributed by atoms with Crippen LogP contribution in [0.4, 0.5) is 0 Å². The summed E-state index contributed by atoms with van der Waals surface area (Å²) in [4.78, 5) is 0. The van der Waals surface area contributed by atoms with Crippen LogP contribution < -0.4 is 10.1 Å². The maximum Gasteiger partial charge on any atom is 0.125 e. The number of rotatable bonds is 6. The summed E-state index contributed by atoms with van der Waals surface area (Å²) in [5, 5.41) is 3.53. The van der Waals surface area contributed by atoms with Crippen molar-refractivity contribution in [2.45, 2.75) is 39.3 Å². The fraction of sp³-hybridized carbons (Fsp3) is 0.467. The van der Waals surface area contributed by atoms with Crippen LogP contribution in [0.3, 0.4) is 0 Å². The summed E-state index contributed by atoms with van der Waals surface area (Å²) in [7, 11) is 0. The molecule has 0 amide bonds. The van der Waals surface area contributed by atoms with E-state index in [1.807, 2.05) is 0 Å². The summed E-state index contributed by atoms with van der Waals surface area (Å²) in [6.07, 6.45) is 4.44. The topological polar surface area (TPSA) is 21.3 Å². The second-order valence-electron chi connectivity index (χ2n) is 4.81. The molecular weight excluding hydrogens is 210 g/mol. The van der Waals surface area contributed by atoms with Gasteiger partial charge in [0.05, 0.1) is 0 Å². The van der Waals surface area contributed by atoms with Gasteiger partial charge in [-0.3, -0.25) is 0 Å². The fourth-order valence-corrected chi connectivity index (χ4v) is 2.06. The van der Waals surface area contributed by atoms with E-state index in [1.165, 1.54) is 29.5 Å². The van der Waals surface area contributed by atoms with Gasteiger partial charge in [-0.05, 0) is 43.4 Å². The molecule has 92 valence electrons. The van der Waals surface area contributed by atoms with Crippen LogP contribution in [0.2, 0.25) is 0 Å². The molecule has 0 atom stereocenters. The lowest BCUT2D eigenvalue weighted by Crippen LogP contribution is -2.15. The van der Waals surface area contributed by atoms with Crippen molar-refractivity contribution >= 4 is 0 Å². The van der Waals surface area contributed by atoms with E-state index in [4.69, 9.17) is 4.74 Å². The first-order valence-corrected chi connectivity index (χ1v) is 6.28. The van der Waals surface area contributed by atoms with Crippen LogP contribution in [0.5, 0.6) is 5.75 Å². The Labute approximate surface area is 104 Å². The average molecular weight is 231 g/mol. The van der Waals surface area contributed by atoms with Gasteiger partial charge in [0.2, 0.25) is 0 Å². The Hall–Kier alpha value is -1.28. The number of hydrogen-bond acceptors (Lipinski definition) is 2. The monoisotopic (exact) mass is 231 g/mol. The highest BCUT2D eigenvalue weighted by molar-refractivity contribution is 5.43. The summed E-state index contributed by atoms with van der Waals surface area (Å²) in [6, 6.07) is 5.18. The summed E-state index contributed by atoms with van der Waals surface area (Å²) in [5.41, 5.74) is 3.76. The molecule has 1 aromatic rings. The zero-order valence-corrected chi connectivity index (χ0v) is 10.8. The molecule has 0 heterocycles. The smallest absolute Gasteiger partial charge is 0.125 e. The van der Waals surface area contributed by atoms with Crippen molar-refractivity contribution in [3.8, 4) is 5.75 Å². The van der Waals surface area contributed by atoms with E-state index in [9.17, 15) is 0 Å². The Kier molecular flexibility index (Phi) is 3.85. The minimum atomic E-state index is 0.571. The summed E-state index contributed by atoms with van der Waals surface area (Å²) in [6.45, 7) is 9.42. The van der Waals surface area contributed by atoms with Gasteiger partial charge < -0.3 is 10.1 Å². The Morgan fingerprint density at radius 3 is 2.53 bits per heavy atom. The zero-order chi connectivity index (χ0) is 12.3. The van der Waals surface area contributed by atoms with Gasteiger partial charge >= 0.3 is 0 Å². The average Bonchev–Trinajstić information content (AvgIpc) is 3.09. The normalized spacial score (nSPS) is 14.7. The van der Waals surface area contributed by atoms with E-state index < -0.39 is 0 Å². The third-order valence-corrected chi connectivity index (χ3v) is 3.04. The molecule has 0 aromatic heterocycles. The molecule has 1 aliphatic carbocycles. The van der Waals surface area contributed by atoms with Gasteiger partial charge in [-0.1, -0.05) is 24.8 Å². The second kappa shape index (κ2) is 5.37. The maximum absolute atomic E-state index is 5.67.